The molecule has 2 aromatic heterocycles. The molecule has 1 aromatic carbocycles. The molecule has 9 nitrogen and oxygen atoms in total. The summed E-state index contributed by atoms with van der Waals surface area (Å²) in [6, 6.07) is 10.1. The molecule has 2 unspecified atom stereocenters. The van der Waals surface area contributed by atoms with Gasteiger partial charge in [0.05, 0.1) is 0 Å². The van der Waals surface area contributed by atoms with E-state index in [1.54, 1.807) is 0 Å². The topological polar surface area (TPSA) is 113 Å². The van der Waals surface area contributed by atoms with Crippen LogP contribution in [0.2, 0.25) is 0 Å². The zero-order valence-corrected chi connectivity index (χ0v) is 26.2. The largest absolute Gasteiger partial charge is 0.458 e. The van der Waals surface area contributed by atoms with E-state index >= 15 is 0 Å². The number of fused-ring (bicyclic) bond motifs is 1. The van der Waals surface area contributed by atoms with Crippen molar-refractivity contribution in [2.45, 2.75) is 86.7 Å². The number of carbonyl (C=O) groups excluding carboxylic acids is 2. The predicted octanol–water partition coefficient (Wildman–Crippen LogP) is 7.42. The van der Waals surface area contributed by atoms with Gasteiger partial charge in [-0.2, -0.15) is 9.78 Å². The maximum Gasteiger partial charge on any atom is 0.416 e. The fourth-order valence-corrected chi connectivity index (χ4v) is 6.19. The normalized spacial score (nSPS) is 19.0. The summed E-state index contributed by atoms with van der Waals surface area (Å²) in [5.41, 5.74) is 2.22. The molecule has 1 fully saturated rings. The molecule has 1 saturated carbocycles. The molecule has 1 amide bonds. The van der Waals surface area contributed by atoms with Crippen molar-refractivity contribution in [1.29, 1.82) is 5.26 Å². The fraction of sp³-hybridized carbons (Fsp3) is 0.576. The number of hydrogen-bond acceptors (Lipinski definition) is 6. The fourth-order valence-electron chi connectivity index (χ4n) is 6.19. The first-order valence-corrected chi connectivity index (χ1v) is 15.3. The van der Waals surface area contributed by atoms with Crippen LogP contribution in [0.15, 0.2) is 24.3 Å². The Labute approximate surface area is 249 Å². The van der Waals surface area contributed by atoms with Crippen LogP contribution in [0.25, 0.3) is 17.0 Å². The number of nitrogens with zero attached hydrogens (tertiary/aromatic N) is 4. The number of H-pyrrole nitrogens is 1. The number of rotatable bonds is 9. The van der Waals surface area contributed by atoms with Gasteiger partial charge < -0.3 is 19.4 Å². The number of aromatic amines is 1. The second-order valence-corrected chi connectivity index (χ2v) is 12.3. The molecule has 0 saturated heterocycles. The van der Waals surface area contributed by atoms with E-state index < -0.39 is 12.1 Å². The summed E-state index contributed by atoms with van der Waals surface area (Å²) >= 11 is 0. The Morgan fingerprint density at radius 1 is 1.05 bits per heavy atom. The van der Waals surface area contributed by atoms with Crippen LogP contribution in [-0.4, -0.2) is 50.8 Å². The summed E-state index contributed by atoms with van der Waals surface area (Å²) in [6.07, 6.45) is 2.18. The molecule has 4 rings (SSSR count). The van der Waals surface area contributed by atoms with Gasteiger partial charge in [-0.05, 0) is 61.8 Å². The first kappa shape index (κ1) is 31.1. The molecule has 0 aliphatic heterocycles. The highest BCUT2D eigenvalue weighted by Crippen LogP contribution is 2.41. The van der Waals surface area contributed by atoms with Crippen molar-refractivity contribution < 1.29 is 19.1 Å². The Kier molecular flexibility index (Phi) is 9.65. The highest BCUT2D eigenvalue weighted by Gasteiger charge is 2.41. The van der Waals surface area contributed by atoms with Crippen molar-refractivity contribution in [2.24, 2.45) is 23.7 Å². The van der Waals surface area contributed by atoms with E-state index in [1.165, 1.54) is 15.0 Å². The Morgan fingerprint density at radius 3 is 2.14 bits per heavy atom. The molecule has 0 radical (unpaired) electrons. The van der Waals surface area contributed by atoms with Crippen molar-refractivity contribution in [3.63, 3.8) is 0 Å². The molecule has 42 heavy (non-hydrogen) atoms. The lowest BCUT2D eigenvalue weighted by molar-refractivity contribution is -0.0468. The third kappa shape index (κ3) is 6.04. The third-order valence-electron chi connectivity index (χ3n) is 8.79. The van der Waals surface area contributed by atoms with Gasteiger partial charge >= 0.3 is 12.1 Å². The smallest absolute Gasteiger partial charge is 0.416 e. The van der Waals surface area contributed by atoms with E-state index in [9.17, 15) is 14.9 Å². The Hall–Kier alpha value is -3.80. The maximum absolute atomic E-state index is 14.1. The number of nitriles is 1. The zero-order valence-electron chi connectivity index (χ0n) is 26.2. The van der Waals surface area contributed by atoms with Gasteiger partial charge in [0.1, 0.15) is 23.3 Å². The Morgan fingerprint density at radius 2 is 1.64 bits per heavy atom. The van der Waals surface area contributed by atoms with Gasteiger partial charge in [-0.15, -0.1) is 5.10 Å². The summed E-state index contributed by atoms with van der Waals surface area (Å²) in [5.74, 6) is 1.27. The third-order valence-corrected chi connectivity index (χ3v) is 8.79. The van der Waals surface area contributed by atoms with Crippen molar-refractivity contribution in [3.8, 4) is 23.3 Å². The minimum atomic E-state index is -0.617. The molecule has 2 atom stereocenters. The van der Waals surface area contributed by atoms with Crippen molar-refractivity contribution in [3.05, 3.63) is 41.0 Å². The number of carbonyl (C=O) groups is 2. The molecular formula is C33H45N5O4. The van der Waals surface area contributed by atoms with Crippen LogP contribution in [0.1, 0.15) is 102 Å². The van der Waals surface area contributed by atoms with E-state index in [0.717, 1.165) is 24.8 Å². The van der Waals surface area contributed by atoms with Crippen LogP contribution in [0, 0.1) is 35.0 Å². The van der Waals surface area contributed by atoms with E-state index in [4.69, 9.17) is 9.47 Å². The van der Waals surface area contributed by atoms with Crippen LogP contribution >= 0.6 is 0 Å². The minimum absolute atomic E-state index is 0.0352. The lowest BCUT2D eigenvalue weighted by Gasteiger charge is -2.41. The van der Waals surface area contributed by atoms with Crippen molar-refractivity contribution in [2.75, 3.05) is 13.1 Å². The quantitative estimate of drug-likeness (QED) is 0.266. The van der Waals surface area contributed by atoms with E-state index in [-0.39, 0.29) is 40.6 Å². The van der Waals surface area contributed by atoms with Gasteiger partial charge in [0, 0.05) is 18.7 Å². The Balaban J connectivity index is 1.83. The summed E-state index contributed by atoms with van der Waals surface area (Å²) < 4.78 is 13.5. The van der Waals surface area contributed by atoms with Gasteiger partial charge in [-0.25, -0.2) is 9.59 Å². The number of hydrogen-bond donors (Lipinski definition) is 1. The van der Waals surface area contributed by atoms with E-state index in [0.29, 0.717) is 36.7 Å². The Bertz CT molecular complexity index is 1420. The van der Waals surface area contributed by atoms with Gasteiger partial charge in [-0.1, -0.05) is 72.2 Å². The second kappa shape index (κ2) is 13.0. The molecule has 0 bridgehead atoms. The van der Waals surface area contributed by atoms with Crippen molar-refractivity contribution >= 4 is 17.7 Å². The molecule has 1 aliphatic carbocycles. The average molecular weight is 576 g/mol. The molecular weight excluding hydrogens is 530 g/mol. The number of ether oxygens (including phenoxy) is 2. The zero-order chi connectivity index (χ0) is 30.7. The lowest BCUT2D eigenvalue weighted by Crippen LogP contribution is -2.42. The molecule has 2 heterocycles. The van der Waals surface area contributed by atoms with Crippen LogP contribution < -0.4 is 4.74 Å². The van der Waals surface area contributed by atoms with Gasteiger partial charge in [0.2, 0.25) is 5.88 Å². The highest BCUT2D eigenvalue weighted by molar-refractivity contribution is 6.01. The van der Waals surface area contributed by atoms with E-state index in [2.05, 4.69) is 57.7 Å². The highest BCUT2D eigenvalue weighted by atomic mass is 16.6. The predicted molar refractivity (Wildman–Crippen MR) is 162 cm³/mol. The van der Waals surface area contributed by atoms with Gasteiger partial charge in [0.25, 0.3) is 0 Å². The summed E-state index contributed by atoms with van der Waals surface area (Å²) in [4.78, 5) is 31.8. The first-order valence-electron chi connectivity index (χ1n) is 15.3. The number of benzene rings is 1. The van der Waals surface area contributed by atoms with E-state index in [1.807, 2.05) is 38.1 Å². The molecule has 9 heteroatoms. The summed E-state index contributed by atoms with van der Waals surface area (Å²) in [6.45, 7) is 17.5. The SMILES string of the molecule is CCN(CC)C(=O)Oc1c(C#N)c(C(=O)OC2C(C(C)C)CCCC2C(C)C)c2[nH]c(-c3ccc(C(C)C)cc3)nn12. The number of amides is 1. The van der Waals surface area contributed by atoms with Gasteiger partial charge in [-0.3, -0.25) is 0 Å². The first-order chi connectivity index (χ1) is 20.0. The van der Waals surface area contributed by atoms with Crippen LogP contribution in [0.5, 0.6) is 5.88 Å². The lowest BCUT2D eigenvalue weighted by atomic mass is 9.70. The molecule has 1 aliphatic rings. The van der Waals surface area contributed by atoms with Crippen LogP contribution in [0.4, 0.5) is 4.79 Å². The van der Waals surface area contributed by atoms with Gasteiger partial charge in [0.15, 0.2) is 11.5 Å². The molecule has 3 aromatic rings. The van der Waals surface area contributed by atoms with Crippen LogP contribution in [0.3, 0.4) is 0 Å². The number of nitrogens with one attached hydrogen (secondary N) is 1. The second-order valence-electron chi connectivity index (χ2n) is 12.3. The number of aromatic nitrogens is 3. The number of esters is 1. The molecule has 226 valence electrons. The standard InChI is InChI=1S/C33H45N5O4/c1-9-37(10-2)33(40)42-31-26(18-34)27(32(39)41-28-24(20(5)6)12-11-13-25(28)21(7)8)30-35-29(36-38(30)31)23-16-14-22(15-17-23)19(3)4/h14-17,19-21,24-25,28H,9-13H2,1-8H3,(H,35,36). The summed E-state index contributed by atoms with van der Waals surface area (Å²) in [5, 5.41) is 14.9. The monoisotopic (exact) mass is 575 g/mol. The van der Waals surface area contributed by atoms with Crippen molar-refractivity contribution in [1.82, 2.24) is 19.5 Å². The minimum Gasteiger partial charge on any atom is -0.458 e. The molecule has 1 N–H and O–H groups in total. The maximum atomic E-state index is 14.1. The average Bonchev–Trinajstić information content (AvgIpc) is 3.51. The summed E-state index contributed by atoms with van der Waals surface area (Å²) in [7, 11) is 0. The van der Waals surface area contributed by atoms with Crippen LogP contribution in [-0.2, 0) is 4.74 Å². The molecule has 0 spiro atoms.